The SMILES string of the molecule is CCCCCCCCCCCC/C=C\C(CO)SCC(N)C(=O)NCC(=O)O. The van der Waals surface area contributed by atoms with Crippen LogP contribution in [0.1, 0.15) is 77.6 Å². The first-order chi connectivity index (χ1) is 13.5. The molecule has 0 aromatic heterocycles. The number of nitrogens with one attached hydrogen (secondary N) is 1. The zero-order chi connectivity index (χ0) is 21.0. The molecule has 2 atom stereocenters. The van der Waals surface area contributed by atoms with Gasteiger partial charge in [-0.3, -0.25) is 9.59 Å². The molecule has 0 aromatic rings. The van der Waals surface area contributed by atoms with Crippen LogP contribution >= 0.6 is 11.8 Å². The van der Waals surface area contributed by atoms with Gasteiger partial charge in [0.05, 0.1) is 12.6 Å². The molecule has 2 unspecified atom stereocenters. The lowest BCUT2D eigenvalue weighted by molar-refractivity contribution is -0.138. The largest absolute Gasteiger partial charge is 0.480 e. The molecule has 6 nitrogen and oxygen atoms in total. The molecule has 0 aliphatic heterocycles. The van der Waals surface area contributed by atoms with E-state index in [2.05, 4.69) is 18.3 Å². The molecule has 0 saturated carbocycles. The van der Waals surface area contributed by atoms with E-state index in [0.29, 0.717) is 5.75 Å². The Balaban J connectivity index is 3.70. The van der Waals surface area contributed by atoms with E-state index < -0.39 is 24.5 Å². The van der Waals surface area contributed by atoms with E-state index in [1.54, 1.807) is 0 Å². The summed E-state index contributed by atoms with van der Waals surface area (Å²) < 4.78 is 0. The quantitative estimate of drug-likeness (QED) is 0.189. The van der Waals surface area contributed by atoms with Gasteiger partial charge in [0.25, 0.3) is 0 Å². The number of aliphatic carboxylic acids is 1. The van der Waals surface area contributed by atoms with E-state index in [1.165, 1.54) is 69.5 Å². The maximum absolute atomic E-state index is 11.6. The topological polar surface area (TPSA) is 113 Å². The zero-order valence-corrected chi connectivity index (χ0v) is 18.2. The molecule has 0 spiro atoms. The lowest BCUT2D eigenvalue weighted by Gasteiger charge is -2.14. The van der Waals surface area contributed by atoms with Crippen LogP contribution in [0.5, 0.6) is 0 Å². The van der Waals surface area contributed by atoms with Crippen LogP contribution in [0, 0.1) is 0 Å². The fourth-order valence-electron chi connectivity index (χ4n) is 2.76. The average molecular weight is 417 g/mol. The van der Waals surface area contributed by atoms with Gasteiger partial charge in [-0.1, -0.05) is 76.9 Å². The summed E-state index contributed by atoms with van der Waals surface area (Å²) in [6.45, 7) is 1.80. The number of unbranched alkanes of at least 4 members (excludes halogenated alkanes) is 10. The lowest BCUT2D eigenvalue weighted by atomic mass is 10.1. The minimum atomic E-state index is -1.10. The summed E-state index contributed by atoms with van der Waals surface area (Å²) in [5.41, 5.74) is 5.74. The van der Waals surface area contributed by atoms with Crippen LogP contribution in [-0.4, -0.2) is 52.3 Å². The van der Waals surface area contributed by atoms with Gasteiger partial charge in [0.2, 0.25) is 5.91 Å². The number of aliphatic hydroxyl groups excluding tert-OH is 1. The Morgan fingerprint density at radius 2 is 1.61 bits per heavy atom. The first-order valence-corrected chi connectivity index (χ1v) is 11.7. The van der Waals surface area contributed by atoms with E-state index in [4.69, 9.17) is 10.8 Å². The van der Waals surface area contributed by atoms with Crippen LogP contribution in [0.15, 0.2) is 12.2 Å². The predicted molar refractivity (Wildman–Crippen MR) is 118 cm³/mol. The summed E-state index contributed by atoms with van der Waals surface area (Å²) in [5.74, 6) is -1.25. The summed E-state index contributed by atoms with van der Waals surface area (Å²) in [6, 6.07) is -0.784. The molecule has 28 heavy (non-hydrogen) atoms. The van der Waals surface area contributed by atoms with Crippen molar-refractivity contribution >= 4 is 23.6 Å². The first-order valence-electron chi connectivity index (χ1n) is 10.7. The standard InChI is InChI=1S/C21H40N2O4S/c1-2-3-4-5-6-7-8-9-10-11-12-13-14-18(16-24)28-17-19(22)21(27)23-15-20(25)26/h13-14,18-19,24H,2-12,15-17,22H2,1H3,(H,23,27)(H,25,26)/b14-13-. The highest BCUT2D eigenvalue weighted by molar-refractivity contribution is 8.00. The molecule has 0 radical (unpaired) electrons. The summed E-state index contributed by atoms with van der Waals surface area (Å²) in [7, 11) is 0. The van der Waals surface area contributed by atoms with Gasteiger partial charge >= 0.3 is 5.97 Å². The van der Waals surface area contributed by atoms with E-state index >= 15 is 0 Å². The fourth-order valence-corrected chi connectivity index (χ4v) is 3.70. The van der Waals surface area contributed by atoms with Gasteiger partial charge in [-0.2, -0.15) is 0 Å². The molecule has 0 rings (SSSR count). The number of allylic oxidation sites excluding steroid dienone is 1. The number of carboxylic acid groups (broad SMARTS) is 1. The molecule has 0 aliphatic carbocycles. The second-order valence-electron chi connectivity index (χ2n) is 7.17. The number of thioether (sulfide) groups is 1. The highest BCUT2D eigenvalue weighted by atomic mass is 32.2. The number of aliphatic hydroxyl groups is 1. The smallest absolute Gasteiger partial charge is 0.322 e. The number of nitrogens with two attached hydrogens (primary N) is 1. The van der Waals surface area contributed by atoms with Gasteiger partial charge in [0.15, 0.2) is 0 Å². The monoisotopic (exact) mass is 416 g/mol. The molecule has 1 amide bonds. The summed E-state index contributed by atoms with van der Waals surface area (Å²) in [4.78, 5) is 22.1. The minimum Gasteiger partial charge on any atom is -0.480 e. The van der Waals surface area contributed by atoms with Crippen LogP contribution in [0.25, 0.3) is 0 Å². The third-order valence-electron chi connectivity index (χ3n) is 4.50. The molecule has 0 aromatic carbocycles. The van der Waals surface area contributed by atoms with Gasteiger partial charge in [0.1, 0.15) is 6.54 Å². The van der Waals surface area contributed by atoms with Crippen LogP contribution in [0.3, 0.4) is 0 Å². The fraction of sp³-hybridized carbons (Fsp3) is 0.810. The Kier molecular flexibility index (Phi) is 18.6. The molecule has 164 valence electrons. The number of rotatable bonds is 19. The molecule has 0 bridgehead atoms. The third kappa shape index (κ3) is 17.1. The van der Waals surface area contributed by atoms with Gasteiger partial charge < -0.3 is 21.3 Å². The Morgan fingerprint density at radius 1 is 1.04 bits per heavy atom. The van der Waals surface area contributed by atoms with E-state index in [1.807, 2.05) is 6.08 Å². The Morgan fingerprint density at radius 3 is 2.14 bits per heavy atom. The van der Waals surface area contributed by atoms with Gasteiger partial charge in [-0.15, -0.1) is 11.8 Å². The maximum atomic E-state index is 11.6. The van der Waals surface area contributed by atoms with E-state index in [-0.39, 0.29) is 11.9 Å². The van der Waals surface area contributed by atoms with Crippen molar-refractivity contribution < 1.29 is 19.8 Å². The van der Waals surface area contributed by atoms with Crippen LogP contribution < -0.4 is 11.1 Å². The molecule has 0 heterocycles. The summed E-state index contributed by atoms with van der Waals surface area (Å²) in [5, 5.41) is 20.1. The number of carbonyl (C=O) groups excluding carboxylic acids is 1. The molecule has 0 fully saturated rings. The van der Waals surface area contributed by atoms with Gasteiger partial charge in [-0.25, -0.2) is 0 Å². The number of carboxylic acids is 1. The number of amides is 1. The highest BCUT2D eigenvalue weighted by Gasteiger charge is 2.16. The van der Waals surface area contributed by atoms with Crippen molar-refractivity contribution in [2.24, 2.45) is 5.73 Å². The first kappa shape index (κ1) is 27.0. The van der Waals surface area contributed by atoms with Crippen molar-refractivity contribution in [2.75, 3.05) is 18.9 Å². The zero-order valence-electron chi connectivity index (χ0n) is 17.4. The lowest BCUT2D eigenvalue weighted by Crippen LogP contribution is -2.44. The van der Waals surface area contributed by atoms with Crippen LogP contribution in [0.2, 0.25) is 0 Å². The molecule has 5 N–H and O–H groups in total. The van der Waals surface area contributed by atoms with Crippen molar-refractivity contribution in [3.63, 3.8) is 0 Å². The third-order valence-corrected chi connectivity index (χ3v) is 5.78. The molecule has 0 aliphatic rings. The van der Waals surface area contributed by atoms with E-state index in [0.717, 1.165) is 12.8 Å². The molecular formula is C21H40N2O4S. The van der Waals surface area contributed by atoms with Crippen molar-refractivity contribution in [1.29, 1.82) is 0 Å². The average Bonchev–Trinajstić information content (AvgIpc) is 2.68. The van der Waals surface area contributed by atoms with Crippen molar-refractivity contribution in [3.8, 4) is 0 Å². The number of hydrogen-bond acceptors (Lipinski definition) is 5. The second kappa shape index (κ2) is 19.3. The maximum Gasteiger partial charge on any atom is 0.322 e. The highest BCUT2D eigenvalue weighted by Crippen LogP contribution is 2.15. The number of carbonyl (C=O) groups is 2. The Labute approximate surface area is 174 Å². The Bertz CT molecular complexity index is 433. The predicted octanol–water partition coefficient (Wildman–Crippen LogP) is 3.48. The molecule has 0 saturated heterocycles. The number of hydrogen-bond donors (Lipinski definition) is 4. The van der Waals surface area contributed by atoms with Crippen molar-refractivity contribution in [3.05, 3.63) is 12.2 Å². The second-order valence-corrected chi connectivity index (χ2v) is 8.44. The Hall–Kier alpha value is -1.05. The van der Waals surface area contributed by atoms with Crippen LogP contribution in [0.4, 0.5) is 0 Å². The normalized spacial score (nSPS) is 13.5. The van der Waals surface area contributed by atoms with Gasteiger partial charge in [-0.05, 0) is 12.8 Å². The minimum absolute atomic E-state index is 0.0112. The molecule has 7 heteroatoms. The molecular weight excluding hydrogens is 376 g/mol. The van der Waals surface area contributed by atoms with Gasteiger partial charge in [0, 0.05) is 11.0 Å². The summed E-state index contributed by atoms with van der Waals surface area (Å²) in [6.07, 6.45) is 18.2. The van der Waals surface area contributed by atoms with Crippen molar-refractivity contribution in [2.45, 2.75) is 88.8 Å². The van der Waals surface area contributed by atoms with E-state index in [9.17, 15) is 14.7 Å². The summed E-state index contributed by atoms with van der Waals surface area (Å²) >= 11 is 1.41. The van der Waals surface area contributed by atoms with Crippen LogP contribution in [-0.2, 0) is 9.59 Å². The van der Waals surface area contributed by atoms with Crippen molar-refractivity contribution in [1.82, 2.24) is 5.32 Å².